The standard InChI is InChI=1S/C33H38FN7O3/c1-22-6-4-7-24-16-36-18-29(31(22)24)39-13-11-27-28(20-39)37-33(43-21-23(2)44-26-9-10-26)38-32(27)40-14-15-41(25(19-40)17-35-3)30(42)8-5-12-34/h4-8,16,18,23,25-26H,9-15,17,19-21H2,1-2H3/b8-5+/t23-,25+/m1/s1. The summed E-state index contributed by atoms with van der Waals surface area (Å²) < 4.78 is 24.8. The van der Waals surface area contributed by atoms with Gasteiger partial charge in [0, 0.05) is 54.8 Å². The number of carbonyl (C=O) groups is 1. The quantitative estimate of drug-likeness (QED) is 0.252. The summed E-state index contributed by atoms with van der Waals surface area (Å²) in [6.45, 7) is 14.1. The number of pyridine rings is 1. The zero-order valence-electron chi connectivity index (χ0n) is 25.3. The molecule has 11 heteroatoms. The second-order valence-corrected chi connectivity index (χ2v) is 11.7. The van der Waals surface area contributed by atoms with Crippen LogP contribution in [0.4, 0.5) is 15.9 Å². The zero-order valence-corrected chi connectivity index (χ0v) is 25.3. The molecule has 3 aliphatic rings. The van der Waals surface area contributed by atoms with Crippen LogP contribution in [0.5, 0.6) is 6.01 Å². The molecule has 2 aliphatic heterocycles. The SMILES string of the molecule is [C-]#[N+]C[C@H]1CN(c2nc(OC[C@@H](C)OC3CC3)nc3c2CCN(c2cncc4cccc(C)c24)C3)CCN1C(=O)/C=C/CF. The molecule has 0 radical (unpaired) electrons. The number of halogens is 1. The van der Waals surface area contributed by atoms with Crippen molar-refractivity contribution in [3.05, 3.63) is 71.0 Å². The molecule has 1 aliphatic carbocycles. The molecule has 230 valence electrons. The predicted molar refractivity (Wildman–Crippen MR) is 167 cm³/mol. The highest BCUT2D eigenvalue weighted by Crippen LogP contribution is 2.35. The van der Waals surface area contributed by atoms with Crippen LogP contribution in [-0.2, 0) is 22.5 Å². The number of aryl methyl sites for hydroxylation is 1. The van der Waals surface area contributed by atoms with Gasteiger partial charge in [0.2, 0.25) is 12.5 Å². The lowest BCUT2D eigenvalue weighted by atomic mass is 10.0. The minimum absolute atomic E-state index is 0.0817. The topological polar surface area (TPSA) is 88.3 Å². The number of fused-ring (bicyclic) bond motifs is 2. The van der Waals surface area contributed by atoms with Crippen molar-refractivity contribution in [2.75, 3.05) is 55.8 Å². The van der Waals surface area contributed by atoms with Crippen LogP contribution in [-0.4, -0.2) is 90.0 Å². The Labute approximate surface area is 257 Å². The number of alkyl halides is 1. The molecule has 1 aromatic carbocycles. The Kier molecular flexibility index (Phi) is 8.89. The minimum atomic E-state index is -0.704. The molecule has 0 N–H and O–H groups in total. The first-order valence-electron chi connectivity index (χ1n) is 15.3. The van der Waals surface area contributed by atoms with Gasteiger partial charge in [0.15, 0.2) is 0 Å². The van der Waals surface area contributed by atoms with Gasteiger partial charge < -0.3 is 29.0 Å². The Morgan fingerprint density at radius 2 is 2.07 bits per heavy atom. The van der Waals surface area contributed by atoms with Gasteiger partial charge in [-0.15, -0.1) is 0 Å². The van der Waals surface area contributed by atoms with Gasteiger partial charge in [-0.2, -0.15) is 9.97 Å². The number of aromatic nitrogens is 3. The van der Waals surface area contributed by atoms with Crippen molar-refractivity contribution in [2.24, 2.45) is 0 Å². The van der Waals surface area contributed by atoms with E-state index in [-0.39, 0.29) is 24.6 Å². The van der Waals surface area contributed by atoms with Crippen LogP contribution in [0, 0.1) is 13.5 Å². The van der Waals surface area contributed by atoms with E-state index in [1.54, 1.807) is 4.90 Å². The first kappa shape index (κ1) is 29.8. The Morgan fingerprint density at radius 1 is 1.20 bits per heavy atom. The monoisotopic (exact) mass is 599 g/mol. The van der Waals surface area contributed by atoms with E-state index in [9.17, 15) is 9.18 Å². The van der Waals surface area contributed by atoms with Gasteiger partial charge in [-0.1, -0.05) is 18.2 Å². The number of carbonyl (C=O) groups excluding carboxylic acids is 1. The minimum Gasteiger partial charge on any atom is -0.461 e. The number of allylic oxidation sites excluding steroid dienone is 1. The molecule has 0 bridgehead atoms. The maximum atomic E-state index is 12.8. The zero-order chi connectivity index (χ0) is 30.6. The molecule has 3 aromatic rings. The lowest BCUT2D eigenvalue weighted by molar-refractivity contribution is -0.128. The summed E-state index contributed by atoms with van der Waals surface area (Å²) in [5, 5.41) is 2.29. The third-order valence-corrected chi connectivity index (χ3v) is 8.45. The van der Waals surface area contributed by atoms with Crippen LogP contribution in [0.1, 0.15) is 36.6 Å². The molecular formula is C33H38FN7O3. The molecule has 2 fully saturated rings. The fourth-order valence-electron chi connectivity index (χ4n) is 6.17. The predicted octanol–water partition coefficient (Wildman–Crippen LogP) is 4.30. The first-order valence-corrected chi connectivity index (χ1v) is 15.3. The highest BCUT2D eigenvalue weighted by atomic mass is 19.1. The largest absolute Gasteiger partial charge is 0.461 e. The normalized spacial score (nSPS) is 19.2. The molecule has 0 unspecified atom stereocenters. The Bertz CT molecular complexity index is 1580. The van der Waals surface area contributed by atoms with Crippen LogP contribution in [0.15, 0.2) is 42.7 Å². The van der Waals surface area contributed by atoms with Crippen molar-refractivity contribution < 1.29 is 18.7 Å². The average Bonchev–Trinajstić information content (AvgIpc) is 3.86. The number of hydrogen-bond acceptors (Lipinski definition) is 8. The summed E-state index contributed by atoms with van der Waals surface area (Å²) in [5.74, 6) is 0.512. The molecule has 2 atom stereocenters. The second kappa shape index (κ2) is 13.1. The molecule has 10 nitrogen and oxygen atoms in total. The van der Waals surface area contributed by atoms with Crippen LogP contribution in [0.2, 0.25) is 0 Å². The maximum absolute atomic E-state index is 12.8. The number of anilines is 2. The third-order valence-electron chi connectivity index (χ3n) is 8.45. The number of benzene rings is 1. The Hall–Kier alpha value is -4.30. The van der Waals surface area contributed by atoms with Gasteiger partial charge in [0.1, 0.15) is 25.1 Å². The molecular weight excluding hydrogens is 561 g/mol. The smallest absolute Gasteiger partial charge is 0.318 e. The summed E-state index contributed by atoms with van der Waals surface area (Å²) in [6.07, 6.45) is 9.44. The lowest BCUT2D eigenvalue weighted by Crippen LogP contribution is -2.56. The molecule has 2 aromatic heterocycles. The summed E-state index contributed by atoms with van der Waals surface area (Å²) in [7, 11) is 0. The molecule has 6 rings (SSSR count). The van der Waals surface area contributed by atoms with Crippen molar-refractivity contribution in [3.63, 3.8) is 0 Å². The van der Waals surface area contributed by atoms with E-state index in [1.807, 2.05) is 19.3 Å². The fourth-order valence-corrected chi connectivity index (χ4v) is 6.17. The van der Waals surface area contributed by atoms with Crippen molar-refractivity contribution >= 4 is 28.2 Å². The van der Waals surface area contributed by atoms with Gasteiger partial charge >= 0.3 is 6.01 Å². The van der Waals surface area contributed by atoms with Crippen LogP contribution >= 0.6 is 0 Å². The third kappa shape index (κ3) is 6.45. The summed E-state index contributed by atoms with van der Waals surface area (Å²) in [4.78, 5) is 36.9. The van der Waals surface area contributed by atoms with E-state index in [4.69, 9.17) is 26.0 Å². The second-order valence-electron chi connectivity index (χ2n) is 11.7. The van der Waals surface area contributed by atoms with Gasteiger partial charge in [-0.25, -0.2) is 11.0 Å². The van der Waals surface area contributed by atoms with E-state index in [0.717, 1.165) is 54.0 Å². The summed E-state index contributed by atoms with van der Waals surface area (Å²) >= 11 is 0. The van der Waals surface area contributed by atoms with E-state index in [1.165, 1.54) is 23.1 Å². The van der Waals surface area contributed by atoms with E-state index < -0.39 is 6.67 Å². The van der Waals surface area contributed by atoms with Crippen molar-refractivity contribution in [2.45, 2.75) is 57.9 Å². The highest BCUT2D eigenvalue weighted by molar-refractivity contribution is 5.96. The Balaban J connectivity index is 1.31. The van der Waals surface area contributed by atoms with Crippen LogP contribution < -0.4 is 14.5 Å². The highest BCUT2D eigenvalue weighted by Gasteiger charge is 2.35. The maximum Gasteiger partial charge on any atom is 0.318 e. The molecule has 44 heavy (non-hydrogen) atoms. The van der Waals surface area contributed by atoms with Crippen molar-refractivity contribution in [1.29, 1.82) is 0 Å². The van der Waals surface area contributed by atoms with E-state index in [2.05, 4.69) is 44.8 Å². The van der Waals surface area contributed by atoms with Crippen molar-refractivity contribution in [3.8, 4) is 6.01 Å². The lowest BCUT2D eigenvalue weighted by Gasteiger charge is -2.41. The summed E-state index contributed by atoms with van der Waals surface area (Å²) in [5.41, 5.74) is 4.22. The molecule has 1 saturated carbocycles. The number of rotatable bonds is 10. The van der Waals surface area contributed by atoms with Crippen LogP contribution in [0.25, 0.3) is 15.6 Å². The number of hydrogen-bond donors (Lipinski definition) is 0. The van der Waals surface area contributed by atoms with E-state index >= 15 is 0 Å². The number of piperazine rings is 1. The number of ether oxygens (including phenoxy) is 2. The average molecular weight is 600 g/mol. The van der Waals surface area contributed by atoms with Gasteiger partial charge in [-0.3, -0.25) is 9.78 Å². The van der Waals surface area contributed by atoms with E-state index in [0.29, 0.717) is 44.9 Å². The Morgan fingerprint density at radius 3 is 2.86 bits per heavy atom. The first-order chi connectivity index (χ1) is 21.4. The number of amides is 1. The van der Waals surface area contributed by atoms with Crippen LogP contribution in [0.3, 0.4) is 0 Å². The number of nitrogens with zero attached hydrogens (tertiary/aromatic N) is 7. The fraction of sp³-hybridized carbons (Fsp3) is 0.485. The van der Waals surface area contributed by atoms with Gasteiger partial charge in [-0.05, 0) is 44.7 Å². The summed E-state index contributed by atoms with van der Waals surface area (Å²) in [6, 6.07) is 6.22. The van der Waals surface area contributed by atoms with Crippen molar-refractivity contribution in [1.82, 2.24) is 19.9 Å². The molecule has 1 saturated heterocycles. The molecule has 0 spiro atoms. The van der Waals surface area contributed by atoms with Gasteiger partial charge in [0.25, 0.3) is 0 Å². The molecule has 1 amide bonds. The van der Waals surface area contributed by atoms with Gasteiger partial charge in [0.05, 0.1) is 36.3 Å². The molecule has 4 heterocycles.